The second-order valence-electron chi connectivity index (χ2n) is 6.62. The van der Waals surface area contributed by atoms with Gasteiger partial charge in [-0.1, -0.05) is 50.6 Å². The molecule has 1 fully saturated rings. The highest BCUT2D eigenvalue weighted by Crippen LogP contribution is 2.37. The highest BCUT2D eigenvalue weighted by Gasteiger charge is 2.35. The average molecular weight is 281 g/mol. The Morgan fingerprint density at radius 3 is 2.58 bits per heavy atom. The van der Waals surface area contributed by atoms with Crippen molar-refractivity contribution < 1.29 is 0 Å². The van der Waals surface area contributed by atoms with Crippen molar-refractivity contribution in [1.82, 2.24) is 4.90 Å². The molecule has 0 bridgehead atoms. The van der Waals surface area contributed by atoms with Crippen molar-refractivity contribution in [2.75, 3.05) is 19.6 Å². The van der Waals surface area contributed by atoms with Crippen LogP contribution in [0.4, 0.5) is 0 Å². The van der Waals surface area contributed by atoms with Gasteiger partial charge >= 0.3 is 0 Å². The first kappa shape index (κ1) is 14.8. The summed E-state index contributed by atoms with van der Waals surface area (Å²) in [6, 6.07) is 8.32. The maximum Gasteiger partial charge on any atom is 0.0485 e. The number of halogens is 1. The van der Waals surface area contributed by atoms with E-state index in [4.69, 9.17) is 17.3 Å². The number of benzene rings is 1. The first-order chi connectivity index (χ1) is 8.93. The zero-order chi connectivity index (χ0) is 14.0. The van der Waals surface area contributed by atoms with Gasteiger partial charge in [-0.15, -0.1) is 0 Å². The predicted molar refractivity (Wildman–Crippen MR) is 82.4 cm³/mol. The Morgan fingerprint density at radius 1 is 1.37 bits per heavy atom. The smallest absolute Gasteiger partial charge is 0.0485 e. The first-order valence-electron chi connectivity index (χ1n) is 7.12. The van der Waals surface area contributed by atoms with Crippen LogP contribution in [0.5, 0.6) is 0 Å². The van der Waals surface area contributed by atoms with Crippen LogP contribution in [-0.4, -0.2) is 24.5 Å². The van der Waals surface area contributed by atoms with E-state index in [0.29, 0.717) is 12.0 Å². The predicted octanol–water partition coefficient (Wildman–Crippen LogP) is 3.71. The lowest BCUT2D eigenvalue weighted by molar-refractivity contribution is 0.197. The molecule has 0 aromatic heterocycles. The van der Waals surface area contributed by atoms with Crippen molar-refractivity contribution in [3.05, 3.63) is 34.9 Å². The summed E-state index contributed by atoms with van der Waals surface area (Å²) >= 11 is 6.32. The third-order valence-electron chi connectivity index (χ3n) is 4.37. The quantitative estimate of drug-likeness (QED) is 0.915. The first-order valence-corrected chi connectivity index (χ1v) is 7.50. The summed E-state index contributed by atoms with van der Waals surface area (Å²) in [4.78, 5) is 2.50. The van der Waals surface area contributed by atoms with E-state index < -0.39 is 0 Å². The molecule has 2 rings (SSSR count). The summed E-state index contributed by atoms with van der Waals surface area (Å²) in [5.41, 5.74) is 7.54. The molecule has 1 saturated heterocycles. The number of nitrogens with two attached hydrogens (primary N) is 1. The normalized spacial score (nSPS) is 22.7. The Hall–Kier alpha value is -0.570. The van der Waals surface area contributed by atoms with Gasteiger partial charge in [-0.3, -0.25) is 4.90 Å². The van der Waals surface area contributed by atoms with Crippen LogP contribution in [0.3, 0.4) is 0 Å². The summed E-state index contributed by atoms with van der Waals surface area (Å²) < 4.78 is 0. The summed E-state index contributed by atoms with van der Waals surface area (Å²) in [6.45, 7) is 9.85. The van der Waals surface area contributed by atoms with Crippen LogP contribution in [0.25, 0.3) is 0 Å². The molecule has 0 spiro atoms. The van der Waals surface area contributed by atoms with Gasteiger partial charge in [0.1, 0.15) is 0 Å². The van der Waals surface area contributed by atoms with E-state index >= 15 is 0 Å². The summed E-state index contributed by atoms with van der Waals surface area (Å²) in [5, 5.41) is 0.831. The van der Waals surface area contributed by atoms with E-state index in [9.17, 15) is 0 Å². The number of hydrogen-bond acceptors (Lipinski definition) is 2. The molecule has 2 N–H and O–H groups in total. The van der Waals surface area contributed by atoms with Crippen LogP contribution in [0.2, 0.25) is 5.02 Å². The van der Waals surface area contributed by atoms with Gasteiger partial charge in [0.05, 0.1) is 0 Å². The third-order valence-corrected chi connectivity index (χ3v) is 4.72. The fourth-order valence-electron chi connectivity index (χ4n) is 3.00. The van der Waals surface area contributed by atoms with Gasteiger partial charge in [-0.05, 0) is 35.9 Å². The molecule has 19 heavy (non-hydrogen) atoms. The Morgan fingerprint density at radius 2 is 2.05 bits per heavy atom. The van der Waals surface area contributed by atoms with Crippen LogP contribution >= 0.6 is 11.6 Å². The van der Waals surface area contributed by atoms with Crippen LogP contribution in [0.15, 0.2) is 24.3 Å². The van der Waals surface area contributed by atoms with Gasteiger partial charge < -0.3 is 5.73 Å². The van der Waals surface area contributed by atoms with Gasteiger partial charge in [0.2, 0.25) is 0 Å². The van der Waals surface area contributed by atoms with Crippen molar-refractivity contribution in [2.45, 2.75) is 33.2 Å². The lowest BCUT2D eigenvalue weighted by atomic mass is 9.80. The Kier molecular flexibility index (Phi) is 4.54. The van der Waals surface area contributed by atoms with Crippen molar-refractivity contribution in [3.8, 4) is 0 Å². The van der Waals surface area contributed by atoms with Crippen molar-refractivity contribution in [3.63, 3.8) is 0 Å². The molecule has 0 aliphatic carbocycles. The molecule has 2 atom stereocenters. The fourth-order valence-corrected chi connectivity index (χ4v) is 3.26. The van der Waals surface area contributed by atoms with Gasteiger partial charge in [-0.2, -0.15) is 0 Å². The van der Waals surface area contributed by atoms with E-state index in [-0.39, 0.29) is 6.04 Å². The number of nitrogens with zero attached hydrogens (tertiary/aromatic N) is 1. The molecule has 2 nitrogen and oxygen atoms in total. The minimum Gasteiger partial charge on any atom is -0.329 e. The second-order valence-corrected chi connectivity index (χ2v) is 7.03. The topological polar surface area (TPSA) is 29.3 Å². The van der Waals surface area contributed by atoms with E-state index in [2.05, 4.69) is 31.7 Å². The third kappa shape index (κ3) is 3.31. The van der Waals surface area contributed by atoms with Crippen molar-refractivity contribution >= 4 is 11.6 Å². The van der Waals surface area contributed by atoms with E-state index in [1.807, 2.05) is 18.2 Å². The highest BCUT2D eigenvalue weighted by molar-refractivity contribution is 6.31. The zero-order valence-electron chi connectivity index (χ0n) is 12.2. The molecule has 0 saturated carbocycles. The maximum absolute atomic E-state index is 6.32. The molecule has 0 amide bonds. The van der Waals surface area contributed by atoms with Crippen LogP contribution in [0.1, 0.15) is 38.8 Å². The molecule has 3 heteroatoms. The SMILES string of the molecule is CC(C)(C)C1CCN(C(CN)c2ccccc2Cl)C1. The van der Waals surface area contributed by atoms with E-state index in [0.717, 1.165) is 24.0 Å². The average Bonchev–Trinajstić information content (AvgIpc) is 2.82. The van der Waals surface area contributed by atoms with E-state index in [1.165, 1.54) is 12.0 Å². The molecule has 1 aromatic rings. The molecule has 2 unspecified atom stereocenters. The second kappa shape index (κ2) is 5.82. The van der Waals surface area contributed by atoms with Gasteiger partial charge in [0, 0.05) is 24.2 Å². The molecule has 1 aliphatic rings. The number of hydrogen-bond donors (Lipinski definition) is 1. The summed E-state index contributed by atoms with van der Waals surface area (Å²) in [5.74, 6) is 0.740. The lowest BCUT2D eigenvalue weighted by Crippen LogP contribution is -2.33. The van der Waals surface area contributed by atoms with Crippen molar-refractivity contribution in [2.24, 2.45) is 17.1 Å². The molecule has 1 aromatic carbocycles. The molecular weight excluding hydrogens is 256 g/mol. The van der Waals surface area contributed by atoms with Gasteiger partial charge in [0.15, 0.2) is 0 Å². The maximum atomic E-state index is 6.32. The molecule has 0 radical (unpaired) electrons. The van der Waals surface area contributed by atoms with Crippen molar-refractivity contribution in [1.29, 1.82) is 0 Å². The molecule has 1 aliphatic heterocycles. The minimum absolute atomic E-state index is 0.251. The monoisotopic (exact) mass is 280 g/mol. The minimum atomic E-state index is 0.251. The van der Waals surface area contributed by atoms with E-state index in [1.54, 1.807) is 0 Å². The van der Waals surface area contributed by atoms with Crippen LogP contribution in [-0.2, 0) is 0 Å². The molecule has 1 heterocycles. The highest BCUT2D eigenvalue weighted by atomic mass is 35.5. The Bertz CT molecular complexity index is 425. The molecule has 106 valence electrons. The molecular formula is C16H25ClN2. The standard InChI is InChI=1S/C16H25ClN2/c1-16(2,3)12-8-9-19(11-12)15(10-18)13-6-4-5-7-14(13)17/h4-7,12,15H,8-11,18H2,1-3H3. The number of likely N-dealkylation sites (tertiary alicyclic amines) is 1. The fraction of sp³-hybridized carbons (Fsp3) is 0.625. The Balaban J connectivity index is 2.15. The summed E-state index contributed by atoms with van der Waals surface area (Å²) in [6.07, 6.45) is 1.25. The van der Waals surface area contributed by atoms with Gasteiger partial charge in [0.25, 0.3) is 0 Å². The Labute approximate surface area is 121 Å². The van der Waals surface area contributed by atoms with Crippen LogP contribution in [0, 0.1) is 11.3 Å². The zero-order valence-corrected chi connectivity index (χ0v) is 13.0. The summed E-state index contributed by atoms with van der Waals surface area (Å²) in [7, 11) is 0. The largest absolute Gasteiger partial charge is 0.329 e. The van der Waals surface area contributed by atoms with Crippen LogP contribution < -0.4 is 5.73 Å². The lowest BCUT2D eigenvalue weighted by Gasteiger charge is -2.31. The number of rotatable bonds is 3. The van der Waals surface area contributed by atoms with Gasteiger partial charge in [-0.25, -0.2) is 0 Å².